The molecule has 3 heterocycles. The molecule has 5 rings (SSSR count). The van der Waals surface area contributed by atoms with Gasteiger partial charge in [-0.1, -0.05) is 30.3 Å². The lowest BCUT2D eigenvalue weighted by atomic mass is 9.98. The normalized spacial score (nSPS) is 12.1. The zero-order valence-electron chi connectivity index (χ0n) is 17.6. The number of pyridine rings is 1. The maximum atomic E-state index is 13.5. The fourth-order valence-electron chi connectivity index (χ4n) is 3.74. The quantitative estimate of drug-likeness (QED) is 0.393. The van der Waals surface area contributed by atoms with Crippen LogP contribution in [0, 0.1) is 0 Å². The average molecular weight is 441 g/mol. The van der Waals surface area contributed by atoms with E-state index in [2.05, 4.69) is 20.5 Å². The molecule has 1 amide bonds. The van der Waals surface area contributed by atoms with Crippen LogP contribution in [0.15, 0.2) is 78.6 Å². The topological polar surface area (TPSA) is 76.8 Å². The molecule has 3 aromatic heterocycles. The number of benzene rings is 2. The van der Waals surface area contributed by atoms with Crippen LogP contribution >= 0.6 is 11.3 Å². The van der Waals surface area contributed by atoms with Gasteiger partial charge in [-0.15, -0.1) is 16.4 Å². The number of tetrazole rings is 1. The molecule has 5 aromatic rings. The SMILES string of the molecule is CC(c1cccs1)N(C)C(=O)c1cc(-c2cccc3cccnc23)cc(-n2cnnn2)c1. The summed E-state index contributed by atoms with van der Waals surface area (Å²) in [6, 6.07) is 19.7. The van der Waals surface area contributed by atoms with E-state index < -0.39 is 0 Å². The summed E-state index contributed by atoms with van der Waals surface area (Å²) in [5.41, 5.74) is 3.97. The standard InChI is InChI=1S/C24H20N6OS/c1-16(22-9-5-11-32-22)29(2)24(31)19-12-18(13-20(14-19)30-15-26-27-28-30)21-8-3-6-17-7-4-10-25-23(17)21/h3-16H,1-2H3. The van der Waals surface area contributed by atoms with Gasteiger partial charge in [0.05, 0.1) is 17.2 Å². The van der Waals surface area contributed by atoms with Gasteiger partial charge in [0.1, 0.15) is 6.33 Å². The van der Waals surface area contributed by atoms with Crippen LogP contribution in [0.1, 0.15) is 28.2 Å². The largest absolute Gasteiger partial charge is 0.334 e. The fraction of sp³-hybridized carbons (Fsp3) is 0.125. The van der Waals surface area contributed by atoms with E-state index in [1.54, 1.807) is 27.1 Å². The summed E-state index contributed by atoms with van der Waals surface area (Å²) in [5.74, 6) is -0.0738. The van der Waals surface area contributed by atoms with Crippen LogP contribution in [-0.2, 0) is 0 Å². The Bertz CT molecular complexity index is 1380. The van der Waals surface area contributed by atoms with Crippen molar-refractivity contribution in [1.29, 1.82) is 0 Å². The molecule has 32 heavy (non-hydrogen) atoms. The van der Waals surface area contributed by atoms with Crippen LogP contribution in [0.4, 0.5) is 0 Å². The first kappa shape index (κ1) is 20.0. The van der Waals surface area contributed by atoms with Crippen LogP contribution < -0.4 is 0 Å². The van der Waals surface area contributed by atoms with Gasteiger partial charge in [0.25, 0.3) is 5.91 Å². The Labute approximate surface area is 189 Å². The van der Waals surface area contributed by atoms with Crippen molar-refractivity contribution in [3.05, 3.63) is 89.0 Å². The summed E-state index contributed by atoms with van der Waals surface area (Å²) in [7, 11) is 1.83. The smallest absolute Gasteiger partial charge is 0.254 e. The molecule has 8 heteroatoms. The van der Waals surface area contributed by atoms with Crippen molar-refractivity contribution >= 4 is 28.1 Å². The highest BCUT2D eigenvalue weighted by atomic mass is 32.1. The summed E-state index contributed by atoms with van der Waals surface area (Å²) in [6.45, 7) is 2.03. The van der Waals surface area contributed by atoms with E-state index in [0.29, 0.717) is 11.3 Å². The van der Waals surface area contributed by atoms with E-state index in [0.717, 1.165) is 26.9 Å². The number of para-hydroxylation sites is 1. The zero-order valence-corrected chi connectivity index (χ0v) is 18.4. The van der Waals surface area contributed by atoms with Crippen LogP contribution in [0.25, 0.3) is 27.7 Å². The van der Waals surface area contributed by atoms with Crippen LogP contribution in [0.3, 0.4) is 0 Å². The van der Waals surface area contributed by atoms with Gasteiger partial charge in [-0.05, 0) is 58.6 Å². The predicted molar refractivity (Wildman–Crippen MR) is 125 cm³/mol. The Morgan fingerprint density at radius 1 is 1.09 bits per heavy atom. The third-order valence-electron chi connectivity index (χ3n) is 5.58. The number of thiophene rings is 1. The summed E-state index contributed by atoms with van der Waals surface area (Å²) in [4.78, 5) is 21.0. The number of carbonyl (C=O) groups is 1. The molecule has 0 aliphatic carbocycles. The second-order valence-corrected chi connectivity index (χ2v) is 8.49. The summed E-state index contributed by atoms with van der Waals surface area (Å²) < 4.78 is 1.56. The molecule has 7 nitrogen and oxygen atoms in total. The van der Waals surface area contributed by atoms with Crippen molar-refractivity contribution in [1.82, 2.24) is 30.1 Å². The molecule has 0 spiro atoms. The number of hydrogen-bond acceptors (Lipinski definition) is 6. The first-order chi connectivity index (χ1) is 15.6. The number of aromatic nitrogens is 5. The number of nitrogens with zero attached hydrogens (tertiary/aromatic N) is 6. The minimum absolute atomic E-state index is 0.0399. The molecule has 1 atom stereocenters. The molecular weight excluding hydrogens is 420 g/mol. The highest BCUT2D eigenvalue weighted by molar-refractivity contribution is 7.10. The van der Waals surface area contributed by atoms with Crippen LogP contribution in [-0.4, -0.2) is 43.0 Å². The minimum atomic E-state index is -0.0738. The summed E-state index contributed by atoms with van der Waals surface area (Å²) >= 11 is 1.64. The van der Waals surface area contributed by atoms with Gasteiger partial charge in [0.2, 0.25) is 0 Å². The summed E-state index contributed by atoms with van der Waals surface area (Å²) in [6.07, 6.45) is 3.30. The van der Waals surface area contributed by atoms with Gasteiger partial charge >= 0.3 is 0 Å². The van der Waals surface area contributed by atoms with Gasteiger partial charge in [-0.3, -0.25) is 9.78 Å². The Hall–Kier alpha value is -3.91. The van der Waals surface area contributed by atoms with E-state index >= 15 is 0 Å². The molecule has 0 saturated carbocycles. The zero-order chi connectivity index (χ0) is 22.1. The van der Waals surface area contributed by atoms with Gasteiger partial charge in [0, 0.05) is 34.6 Å². The Morgan fingerprint density at radius 3 is 2.75 bits per heavy atom. The Kier molecular flexibility index (Phi) is 5.20. The molecule has 0 N–H and O–H groups in total. The highest BCUT2D eigenvalue weighted by Gasteiger charge is 2.21. The van der Waals surface area contributed by atoms with Gasteiger partial charge in [-0.25, -0.2) is 4.68 Å². The molecule has 0 aliphatic heterocycles. The van der Waals surface area contributed by atoms with Crippen molar-refractivity contribution in [2.45, 2.75) is 13.0 Å². The van der Waals surface area contributed by atoms with E-state index in [9.17, 15) is 4.79 Å². The lowest BCUT2D eigenvalue weighted by molar-refractivity contribution is 0.0745. The molecule has 2 aromatic carbocycles. The molecule has 0 fully saturated rings. The molecule has 0 aliphatic rings. The highest BCUT2D eigenvalue weighted by Crippen LogP contribution is 2.31. The Morgan fingerprint density at radius 2 is 1.97 bits per heavy atom. The first-order valence-electron chi connectivity index (χ1n) is 10.1. The van der Waals surface area contributed by atoms with Crippen molar-refractivity contribution in [2.24, 2.45) is 0 Å². The van der Waals surface area contributed by atoms with E-state index in [1.165, 1.54) is 6.33 Å². The molecular formula is C24H20N6OS. The van der Waals surface area contributed by atoms with E-state index in [4.69, 9.17) is 0 Å². The van der Waals surface area contributed by atoms with Gasteiger partial charge < -0.3 is 4.90 Å². The maximum absolute atomic E-state index is 13.5. The lowest BCUT2D eigenvalue weighted by Gasteiger charge is -2.24. The third kappa shape index (κ3) is 3.65. The number of carbonyl (C=O) groups excluding carboxylic acids is 1. The second kappa shape index (κ2) is 8.32. The molecule has 158 valence electrons. The molecule has 0 bridgehead atoms. The van der Waals surface area contributed by atoms with Gasteiger partial charge in [-0.2, -0.15) is 0 Å². The molecule has 0 radical (unpaired) electrons. The summed E-state index contributed by atoms with van der Waals surface area (Å²) in [5, 5.41) is 14.6. The van der Waals surface area contributed by atoms with Crippen molar-refractivity contribution < 1.29 is 4.79 Å². The monoisotopic (exact) mass is 440 g/mol. The number of rotatable bonds is 5. The minimum Gasteiger partial charge on any atom is -0.334 e. The number of fused-ring (bicyclic) bond motifs is 1. The fourth-order valence-corrected chi connectivity index (χ4v) is 4.56. The Balaban J connectivity index is 1.63. The second-order valence-electron chi connectivity index (χ2n) is 7.51. The predicted octanol–water partition coefficient (Wildman–Crippen LogP) is 4.77. The van der Waals surface area contributed by atoms with Crippen LogP contribution in [0.5, 0.6) is 0 Å². The van der Waals surface area contributed by atoms with Crippen LogP contribution in [0.2, 0.25) is 0 Å². The van der Waals surface area contributed by atoms with Gasteiger partial charge in [0.15, 0.2) is 0 Å². The lowest BCUT2D eigenvalue weighted by Crippen LogP contribution is -2.29. The number of hydrogen-bond donors (Lipinski definition) is 0. The number of amides is 1. The van der Waals surface area contributed by atoms with Crippen molar-refractivity contribution in [2.75, 3.05) is 7.05 Å². The molecule has 0 saturated heterocycles. The molecule has 1 unspecified atom stereocenters. The van der Waals surface area contributed by atoms with E-state index in [1.807, 2.05) is 80.0 Å². The first-order valence-corrected chi connectivity index (χ1v) is 11.0. The van der Waals surface area contributed by atoms with E-state index in [-0.39, 0.29) is 11.9 Å². The van der Waals surface area contributed by atoms with Crippen molar-refractivity contribution in [3.63, 3.8) is 0 Å². The van der Waals surface area contributed by atoms with Crippen molar-refractivity contribution in [3.8, 4) is 16.8 Å². The third-order valence-corrected chi connectivity index (χ3v) is 6.62. The maximum Gasteiger partial charge on any atom is 0.254 e. The average Bonchev–Trinajstić information content (AvgIpc) is 3.57.